The van der Waals surface area contributed by atoms with Gasteiger partial charge in [0.2, 0.25) is 5.95 Å². The van der Waals surface area contributed by atoms with Gasteiger partial charge in [0.15, 0.2) is 0 Å². The molecule has 12 nitrogen and oxygen atoms in total. The van der Waals surface area contributed by atoms with Crippen LogP contribution in [0.1, 0.15) is 43.6 Å². The van der Waals surface area contributed by atoms with Gasteiger partial charge in [0.1, 0.15) is 17.6 Å². The number of nitrogens with one attached hydrogen (secondary N) is 1. The van der Waals surface area contributed by atoms with Crippen LogP contribution in [-0.4, -0.2) is 67.8 Å². The molecule has 1 saturated heterocycles. The van der Waals surface area contributed by atoms with Gasteiger partial charge in [0, 0.05) is 18.7 Å². The number of carbonyl (C=O) groups is 1. The number of hydrazone groups is 1. The lowest BCUT2D eigenvalue weighted by atomic mass is 10.1. The Morgan fingerprint density at radius 3 is 2.77 bits per heavy atom. The highest BCUT2D eigenvalue weighted by molar-refractivity contribution is 6.37. The number of hydrogen-bond acceptors (Lipinski definition) is 11. The Balaban J connectivity index is 1.58. The zero-order chi connectivity index (χ0) is 28.7. The summed E-state index contributed by atoms with van der Waals surface area (Å²) in [6, 6.07) is 15.7. The monoisotopic (exact) mass is 541 g/mol. The van der Waals surface area contributed by atoms with E-state index in [1.165, 1.54) is 6.21 Å². The molecule has 4 rings (SSSR count). The maximum absolute atomic E-state index is 11.6. The second-order valence-corrected chi connectivity index (χ2v) is 9.98. The van der Waals surface area contributed by atoms with Crippen LogP contribution in [0, 0.1) is 11.3 Å². The minimum atomic E-state index is -1.01. The van der Waals surface area contributed by atoms with Crippen LogP contribution >= 0.6 is 0 Å². The van der Waals surface area contributed by atoms with Crippen LogP contribution in [0.25, 0.3) is 11.3 Å². The van der Waals surface area contributed by atoms with Crippen molar-refractivity contribution in [1.29, 1.82) is 5.26 Å². The fourth-order valence-corrected chi connectivity index (χ4v) is 4.25. The molecule has 1 aromatic carbocycles. The van der Waals surface area contributed by atoms with Crippen molar-refractivity contribution < 1.29 is 15.0 Å². The molecule has 1 aliphatic rings. The summed E-state index contributed by atoms with van der Waals surface area (Å²) < 4.78 is 0. The number of nitrogens with zero attached hydrogens (tertiary/aromatic N) is 7. The summed E-state index contributed by atoms with van der Waals surface area (Å²) in [5.41, 5.74) is 2.04. The molecule has 3 aromatic rings. The summed E-state index contributed by atoms with van der Waals surface area (Å²) in [6.07, 6.45) is 2.87. The number of rotatable bonds is 10. The molecule has 1 aliphatic heterocycles. The van der Waals surface area contributed by atoms with Crippen LogP contribution in [0.5, 0.6) is 0 Å². The predicted molar refractivity (Wildman–Crippen MR) is 152 cm³/mol. The Morgan fingerprint density at radius 1 is 1.25 bits per heavy atom. The van der Waals surface area contributed by atoms with Crippen LogP contribution in [0.2, 0.25) is 0 Å². The first-order chi connectivity index (χ1) is 19.2. The lowest BCUT2D eigenvalue weighted by molar-refractivity contribution is -0.138. The van der Waals surface area contributed by atoms with Crippen LogP contribution < -0.4 is 16.1 Å². The van der Waals surface area contributed by atoms with E-state index >= 15 is 0 Å². The average Bonchev–Trinajstić information content (AvgIpc) is 3.45. The van der Waals surface area contributed by atoms with E-state index in [4.69, 9.17) is 5.84 Å². The van der Waals surface area contributed by atoms with E-state index in [1.807, 2.05) is 18.2 Å². The zero-order valence-electron chi connectivity index (χ0n) is 22.3. The minimum Gasteiger partial charge on any atom is -0.480 e. The summed E-state index contributed by atoms with van der Waals surface area (Å²) in [6.45, 7) is 4.37. The molecule has 1 atom stereocenters. The van der Waals surface area contributed by atoms with E-state index in [2.05, 4.69) is 36.4 Å². The number of pyridine rings is 1. The number of hydrogen-bond donors (Lipinski definition) is 4. The molecule has 2 aromatic heterocycles. The van der Waals surface area contributed by atoms with E-state index in [1.54, 1.807) is 49.1 Å². The summed E-state index contributed by atoms with van der Waals surface area (Å²) in [5, 5.41) is 35.9. The maximum Gasteiger partial charge on any atom is 0.326 e. The van der Waals surface area contributed by atoms with Gasteiger partial charge in [-0.1, -0.05) is 18.2 Å². The van der Waals surface area contributed by atoms with Crippen molar-refractivity contribution in [2.75, 3.05) is 23.3 Å². The normalized spacial score (nSPS) is 15.8. The Morgan fingerprint density at radius 2 is 2.05 bits per heavy atom. The van der Waals surface area contributed by atoms with Crippen LogP contribution in [0.3, 0.4) is 0 Å². The third-order valence-electron chi connectivity index (χ3n) is 6.19. The van der Waals surface area contributed by atoms with Crippen molar-refractivity contribution in [1.82, 2.24) is 15.0 Å². The number of aliphatic hydroxyl groups is 1. The van der Waals surface area contributed by atoms with Gasteiger partial charge in [-0.05, 0) is 57.0 Å². The molecule has 0 unspecified atom stereocenters. The molecule has 5 N–H and O–H groups in total. The lowest BCUT2D eigenvalue weighted by Crippen LogP contribution is -2.36. The molecule has 12 heteroatoms. The third kappa shape index (κ3) is 7.15. The fourth-order valence-electron chi connectivity index (χ4n) is 4.25. The highest BCUT2D eigenvalue weighted by Gasteiger charge is 2.31. The van der Waals surface area contributed by atoms with Gasteiger partial charge < -0.3 is 26.3 Å². The predicted octanol–water partition coefficient (Wildman–Crippen LogP) is 2.58. The van der Waals surface area contributed by atoms with Gasteiger partial charge in [0.05, 0.1) is 47.1 Å². The number of anilines is 2. The molecule has 0 aliphatic carbocycles. The molecule has 206 valence electrons. The van der Waals surface area contributed by atoms with Crippen LogP contribution in [-0.2, 0) is 11.3 Å². The first kappa shape index (κ1) is 28.1. The van der Waals surface area contributed by atoms with Gasteiger partial charge in [0.25, 0.3) is 0 Å². The Kier molecular flexibility index (Phi) is 8.66. The van der Waals surface area contributed by atoms with E-state index in [-0.39, 0.29) is 24.7 Å². The number of nitriles is 1. The molecule has 0 spiro atoms. The van der Waals surface area contributed by atoms with Gasteiger partial charge in [-0.2, -0.15) is 10.4 Å². The first-order valence-corrected chi connectivity index (χ1v) is 12.8. The number of benzene rings is 1. The van der Waals surface area contributed by atoms with Crippen molar-refractivity contribution in [3.8, 4) is 17.3 Å². The number of carboxylic acids is 1. The van der Waals surface area contributed by atoms with Crippen molar-refractivity contribution in [2.45, 2.75) is 44.9 Å². The van der Waals surface area contributed by atoms with Crippen LogP contribution in [0.15, 0.2) is 58.6 Å². The molecule has 1 fully saturated rings. The van der Waals surface area contributed by atoms with Crippen LogP contribution in [0.4, 0.5) is 11.8 Å². The SMILES string of the molecule is CC(C)(O)CNc1nc(C(C=NCc2cccc(N3CCC[C@H]3C(=O)O)n2)=NN)cc(-c2cccc(C#N)c2)n1. The van der Waals surface area contributed by atoms with Gasteiger partial charge in [-0.15, -0.1) is 0 Å². The van der Waals surface area contributed by atoms with Crippen molar-refractivity contribution in [3.05, 3.63) is 65.5 Å². The molecule has 3 heterocycles. The van der Waals surface area contributed by atoms with Gasteiger partial charge >= 0.3 is 5.97 Å². The Hall–Kier alpha value is -4.89. The second kappa shape index (κ2) is 12.3. The molecule has 0 amide bonds. The fraction of sp³-hybridized carbons (Fsp3) is 0.321. The molecule has 0 saturated carbocycles. The minimum absolute atomic E-state index is 0.194. The number of nitrogens with two attached hydrogens (primary N) is 1. The van der Waals surface area contributed by atoms with Gasteiger partial charge in [-0.25, -0.2) is 19.7 Å². The smallest absolute Gasteiger partial charge is 0.326 e. The number of carboxylic acid groups (broad SMARTS) is 1. The summed E-state index contributed by atoms with van der Waals surface area (Å²) in [4.78, 5) is 31.5. The number of aliphatic carboxylic acids is 1. The van der Waals surface area contributed by atoms with Gasteiger partial charge in [-0.3, -0.25) is 4.99 Å². The standard InChI is InChI=1S/C28H31N9O3/c1-28(2,40)17-32-27-34-21(19-7-3-6-18(12-19)14-29)13-22(35-27)23(36-30)16-31-15-20-8-4-10-25(33-20)37-11-5-9-24(37)26(38)39/h3-4,6-8,10,12-13,16,24,40H,5,9,11,15,17,30H2,1-2H3,(H,38,39)(H,32,34,35)/t24-/m0/s1. The largest absolute Gasteiger partial charge is 0.480 e. The van der Waals surface area contributed by atoms with E-state index in [9.17, 15) is 20.3 Å². The molecule has 40 heavy (non-hydrogen) atoms. The molecule has 0 bridgehead atoms. The summed E-state index contributed by atoms with van der Waals surface area (Å²) >= 11 is 0. The van der Waals surface area contributed by atoms with Crippen molar-refractivity contribution in [3.63, 3.8) is 0 Å². The van der Waals surface area contributed by atoms with E-state index in [0.717, 1.165) is 6.42 Å². The second-order valence-electron chi connectivity index (χ2n) is 9.98. The van der Waals surface area contributed by atoms with E-state index < -0.39 is 17.6 Å². The Labute approximate surface area is 231 Å². The molecular weight excluding hydrogens is 510 g/mol. The molecular formula is C28H31N9O3. The Bertz CT molecular complexity index is 1470. The lowest BCUT2D eigenvalue weighted by Gasteiger charge is -2.22. The summed E-state index contributed by atoms with van der Waals surface area (Å²) in [7, 11) is 0. The quantitative estimate of drug-likeness (QED) is 0.169. The number of aliphatic imine (C=N–C) groups is 1. The highest BCUT2D eigenvalue weighted by atomic mass is 16.4. The zero-order valence-corrected chi connectivity index (χ0v) is 22.3. The average molecular weight is 542 g/mol. The first-order valence-electron chi connectivity index (χ1n) is 12.8. The van der Waals surface area contributed by atoms with Crippen molar-refractivity contribution in [2.24, 2.45) is 15.9 Å². The summed E-state index contributed by atoms with van der Waals surface area (Å²) in [5.74, 6) is 5.72. The highest BCUT2D eigenvalue weighted by Crippen LogP contribution is 2.25. The third-order valence-corrected chi connectivity index (χ3v) is 6.19. The number of aromatic nitrogens is 3. The van der Waals surface area contributed by atoms with Crippen molar-refractivity contribution >= 4 is 29.7 Å². The maximum atomic E-state index is 11.6. The van der Waals surface area contributed by atoms with E-state index in [0.29, 0.717) is 47.0 Å². The topological polar surface area (TPSA) is 186 Å². The molecule has 0 radical (unpaired) electrons.